The van der Waals surface area contributed by atoms with Crippen molar-refractivity contribution >= 4 is 11.8 Å². The molecule has 1 aliphatic rings. The largest absolute Gasteiger partial charge is 0.416 e. The first kappa shape index (κ1) is 28.0. The summed E-state index contributed by atoms with van der Waals surface area (Å²) in [4.78, 5) is 35.4. The molecule has 1 fully saturated rings. The number of carbonyl (C=O) groups excluding carboxylic acids is 2. The highest BCUT2D eigenvalue weighted by molar-refractivity contribution is 5.95. The quantitative estimate of drug-likeness (QED) is 0.476. The Morgan fingerprint density at radius 3 is 2.26 bits per heavy atom. The summed E-state index contributed by atoms with van der Waals surface area (Å²) >= 11 is 0. The van der Waals surface area contributed by atoms with Crippen molar-refractivity contribution in [2.24, 2.45) is 0 Å². The molecule has 0 aliphatic carbocycles. The Bertz CT molecular complexity index is 1320. The topological polar surface area (TPSA) is 102 Å². The summed E-state index contributed by atoms with van der Waals surface area (Å²) in [5.74, 6) is -1.10. The maximum Gasteiger partial charge on any atom is 0.416 e. The molecular formula is C24H22F6N6O3. The zero-order valence-corrected chi connectivity index (χ0v) is 20.5. The molecule has 1 aromatic carbocycles. The summed E-state index contributed by atoms with van der Waals surface area (Å²) in [6, 6.07) is 2.54. The summed E-state index contributed by atoms with van der Waals surface area (Å²) < 4.78 is 85.6. The number of rotatable bonds is 5. The second kappa shape index (κ2) is 10.6. The molecule has 0 radical (unpaired) electrons. The normalized spacial score (nSPS) is 17.1. The Morgan fingerprint density at radius 1 is 1.03 bits per heavy atom. The number of nitrogens with one attached hydrogen (secondary N) is 1. The Kier molecular flexibility index (Phi) is 7.63. The number of carbonyl (C=O) groups is 2. The lowest BCUT2D eigenvalue weighted by Gasteiger charge is -2.33. The first-order valence-electron chi connectivity index (χ1n) is 11.6. The second-order valence-corrected chi connectivity index (χ2v) is 8.85. The SMILES string of the molecule is C[C@H](NC(=O)c1cc(C(F)(F)F)cc(C(F)(F)F)c1)c1ncnn1-c1ccc(C(=O)N2CCOC[C@H]2C)cn1. The number of aromatic nitrogens is 4. The maximum absolute atomic E-state index is 13.2. The summed E-state index contributed by atoms with van der Waals surface area (Å²) in [7, 11) is 0. The molecule has 1 saturated heterocycles. The monoisotopic (exact) mass is 556 g/mol. The van der Waals surface area contributed by atoms with Gasteiger partial charge in [-0.3, -0.25) is 9.59 Å². The van der Waals surface area contributed by atoms with E-state index < -0.39 is 41.0 Å². The summed E-state index contributed by atoms with van der Waals surface area (Å²) in [5.41, 5.74) is -3.72. The van der Waals surface area contributed by atoms with E-state index in [-0.39, 0.29) is 29.7 Å². The summed E-state index contributed by atoms with van der Waals surface area (Å²) in [6.07, 6.45) is -7.71. The smallest absolute Gasteiger partial charge is 0.377 e. The van der Waals surface area contributed by atoms with Crippen molar-refractivity contribution in [2.75, 3.05) is 19.8 Å². The molecule has 2 aromatic heterocycles. The van der Waals surface area contributed by atoms with Crippen LogP contribution in [-0.4, -0.2) is 62.3 Å². The molecule has 0 spiro atoms. The lowest BCUT2D eigenvalue weighted by atomic mass is 10.0. The molecule has 3 heterocycles. The van der Waals surface area contributed by atoms with Gasteiger partial charge in [-0.1, -0.05) is 0 Å². The third kappa shape index (κ3) is 6.19. The van der Waals surface area contributed by atoms with Crippen LogP contribution in [0.25, 0.3) is 5.82 Å². The van der Waals surface area contributed by atoms with E-state index in [1.165, 1.54) is 29.9 Å². The Balaban J connectivity index is 1.54. The second-order valence-electron chi connectivity index (χ2n) is 8.85. The molecule has 0 saturated carbocycles. The van der Waals surface area contributed by atoms with Crippen LogP contribution < -0.4 is 5.32 Å². The Hall–Kier alpha value is -4.01. The fourth-order valence-electron chi connectivity index (χ4n) is 3.99. The summed E-state index contributed by atoms with van der Waals surface area (Å²) in [5, 5.41) is 6.39. The van der Waals surface area contributed by atoms with Crippen molar-refractivity contribution in [1.82, 2.24) is 30.0 Å². The van der Waals surface area contributed by atoms with Crippen molar-refractivity contribution in [2.45, 2.75) is 38.3 Å². The van der Waals surface area contributed by atoms with Crippen molar-refractivity contribution in [3.63, 3.8) is 0 Å². The van der Waals surface area contributed by atoms with Gasteiger partial charge in [-0.25, -0.2) is 9.97 Å². The summed E-state index contributed by atoms with van der Waals surface area (Å²) in [6.45, 7) is 4.56. The van der Waals surface area contributed by atoms with Gasteiger partial charge in [-0.15, -0.1) is 0 Å². The third-order valence-corrected chi connectivity index (χ3v) is 6.00. The highest BCUT2D eigenvalue weighted by atomic mass is 19.4. The van der Waals surface area contributed by atoms with E-state index in [1.54, 1.807) is 4.90 Å². The molecule has 3 aromatic rings. The first-order valence-corrected chi connectivity index (χ1v) is 11.6. The van der Waals surface area contributed by atoms with Gasteiger partial charge in [-0.05, 0) is 44.2 Å². The number of hydrogen-bond acceptors (Lipinski definition) is 6. The molecule has 1 aliphatic heterocycles. The minimum atomic E-state index is -5.10. The average molecular weight is 556 g/mol. The number of benzene rings is 1. The van der Waals surface area contributed by atoms with Crippen LogP contribution >= 0.6 is 0 Å². The molecule has 4 rings (SSSR count). The van der Waals surface area contributed by atoms with E-state index in [4.69, 9.17) is 4.74 Å². The van der Waals surface area contributed by atoms with Gasteiger partial charge in [0.2, 0.25) is 0 Å². The number of halogens is 6. The lowest BCUT2D eigenvalue weighted by Crippen LogP contribution is -2.47. The van der Waals surface area contributed by atoms with Crippen LogP contribution in [0.3, 0.4) is 0 Å². The van der Waals surface area contributed by atoms with Crippen LogP contribution in [0.2, 0.25) is 0 Å². The minimum absolute atomic E-state index is 0.0589. The zero-order chi connectivity index (χ0) is 28.5. The number of amides is 2. The molecule has 9 nitrogen and oxygen atoms in total. The predicted octanol–water partition coefficient (Wildman–Crippen LogP) is 4.05. The standard InChI is InChI=1S/C24H22F6N6O3/c1-13-11-39-6-5-35(13)22(38)15-3-4-19(31-10-15)36-20(32-12-33-36)14(2)34-21(37)16-7-17(23(25,26)27)9-18(8-16)24(28,29)30/h3-4,7-10,12-14H,5-6,11H2,1-2H3,(H,34,37)/t13-,14+/m1/s1. The molecule has 0 bridgehead atoms. The minimum Gasteiger partial charge on any atom is -0.377 e. The Morgan fingerprint density at radius 2 is 1.69 bits per heavy atom. The number of ether oxygens (including phenoxy) is 1. The first-order chi connectivity index (χ1) is 18.3. The van der Waals surface area contributed by atoms with E-state index in [1.807, 2.05) is 6.92 Å². The van der Waals surface area contributed by atoms with Crippen molar-refractivity contribution in [1.29, 1.82) is 0 Å². The number of hydrogen-bond donors (Lipinski definition) is 1. The van der Waals surface area contributed by atoms with E-state index >= 15 is 0 Å². The highest BCUT2D eigenvalue weighted by Gasteiger charge is 2.37. The fraction of sp³-hybridized carbons (Fsp3) is 0.375. The average Bonchev–Trinajstić information content (AvgIpc) is 3.38. The molecule has 39 heavy (non-hydrogen) atoms. The third-order valence-electron chi connectivity index (χ3n) is 6.00. The highest BCUT2D eigenvalue weighted by Crippen LogP contribution is 2.36. The lowest BCUT2D eigenvalue weighted by molar-refractivity contribution is -0.143. The fourth-order valence-corrected chi connectivity index (χ4v) is 3.99. The number of alkyl halides is 6. The van der Waals surface area contributed by atoms with E-state index in [2.05, 4.69) is 20.4 Å². The van der Waals surface area contributed by atoms with Gasteiger partial charge < -0.3 is 15.0 Å². The van der Waals surface area contributed by atoms with Gasteiger partial charge in [-0.2, -0.15) is 36.1 Å². The van der Waals surface area contributed by atoms with E-state index in [0.717, 1.165) is 6.33 Å². The molecule has 0 unspecified atom stereocenters. The van der Waals surface area contributed by atoms with Crippen molar-refractivity contribution in [3.8, 4) is 5.82 Å². The van der Waals surface area contributed by atoms with Crippen LogP contribution in [0.1, 0.15) is 57.6 Å². The van der Waals surface area contributed by atoms with Gasteiger partial charge in [0.25, 0.3) is 11.8 Å². The molecular weight excluding hydrogens is 534 g/mol. The van der Waals surface area contributed by atoms with E-state index in [0.29, 0.717) is 37.5 Å². The number of morpholine rings is 1. The Labute approximate surface area is 217 Å². The van der Waals surface area contributed by atoms with Crippen LogP contribution in [0.4, 0.5) is 26.3 Å². The van der Waals surface area contributed by atoms with Crippen LogP contribution in [0.15, 0.2) is 42.9 Å². The van der Waals surface area contributed by atoms with Gasteiger partial charge in [0, 0.05) is 18.3 Å². The van der Waals surface area contributed by atoms with Crippen LogP contribution in [0, 0.1) is 0 Å². The molecule has 2 amide bonds. The van der Waals surface area contributed by atoms with Crippen molar-refractivity contribution < 1.29 is 40.7 Å². The van der Waals surface area contributed by atoms with Crippen molar-refractivity contribution in [3.05, 3.63) is 70.9 Å². The van der Waals surface area contributed by atoms with E-state index in [9.17, 15) is 35.9 Å². The van der Waals surface area contributed by atoms with Gasteiger partial charge in [0.1, 0.15) is 6.33 Å². The van der Waals surface area contributed by atoms with Gasteiger partial charge in [0.15, 0.2) is 11.6 Å². The van der Waals surface area contributed by atoms with Gasteiger partial charge in [0.05, 0.1) is 42.0 Å². The molecule has 2 atom stereocenters. The predicted molar refractivity (Wildman–Crippen MR) is 123 cm³/mol. The number of nitrogens with zero attached hydrogens (tertiary/aromatic N) is 5. The number of pyridine rings is 1. The zero-order valence-electron chi connectivity index (χ0n) is 20.5. The maximum atomic E-state index is 13.2. The van der Waals surface area contributed by atoms with Crippen LogP contribution in [0.5, 0.6) is 0 Å². The van der Waals surface area contributed by atoms with Gasteiger partial charge >= 0.3 is 12.4 Å². The molecule has 208 valence electrons. The molecule has 15 heteroatoms. The van der Waals surface area contributed by atoms with Crippen LogP contribution in [-0.2, 0) is 17.1 Å². The molecule has 1 N–H and O–H groups in total.